The minimum absolute atomic E-state index is 0.0947. The lowest BCUT2D eigenvalue weighted by atomic mass is 10.0. The number of anilines is 1. The van der Waals surface area contributed by atoms with Gasteiger partial charge in [0.05, 0.1) is 6.10 Å². The van der Waals surface area contributed by atoms with Crippen molar-refractivity contribution in [3.63, 3.8) is 0 Å². The Morgan fingerprint density at radius 2 is 1.78 bits per heavy atom. The maximum atomic E-state index is 12.7. The van der Waals surface area contributed by atoms with Gasteiger partial charge in [-0.05, 0) is 63.4 Å². The molecular formula is C22H26N2O3. The normalized spacial score (nSPS) is 14.5. The molecule has 5 heteroatoms. The summed E-state index contributed by atoms with van der Waals surface area (Å²) >= 11 is 0. The maximum Gasteiger partial charge on any atom is 0.240 e. The molecule has 1 aliphatic carbocycles. The van der Waals surface area contributed by atoms with E-state index in [0.29, 0.717) is 25.1 Å². The predicted molar refractivity (Wildman–Crippen MR) is 106 cm³/mol. The van der Waals surface area contributed by atoms with Crippen LogP contribution < -0.4 is 15.4 Å². The van der Waals surface area contributed by atoms with Gasteiger partial charge in [0, 0.05) is 12.2 Å². The van der Waals surface area contributed by atoms with E-state index in [9.17, 15) is 9.59 Å². The molecular weight excluding hydrogens is 340 g/mol. The van der Waals surface area contributed by atoms with Crippen molar-refractivity contribution in [3.8, 4) is 5.75 Å². The molecule has 0 saturated heterocycles. The number of carbonyl (C=O) groups excluding carboxylic acids is 2. The van der Waals surface area contributed by atoms with Gasteiger partial charge < -0.3 is 15.4 Å². The molecule has 0 heterocycles. The fourth-order valence-electron chi connectivity index (χ4n) is 3.00. The molecule has 0 spiro atoms. The third-order valence-electron chi connectivity index (χ3n) is 4.64. The fraction of sp³-hybridized carbons (Fsp3) is 0.364. The molecule has 1 saturated carbocycles. The molecule has 0 atom stereocenters. The van der Waals surface area contributed by atoms with Crippen LogP contribution in [0.25, 0.3) is 0 Å². The molecule has 1 fully saturated rings. The second-order valence-corrected chi connectivity index (χ2v) is 7.40. The standard InChI is InChI=1S/C22H26N2O3/c1-15(2)27-19-9-7-18(8-10-19)24-21(26)22(11-12-22)20(25)23-14-17-6-4-5-16(3)13-17/h4-10,13,15H,11-12,14H2,1-3H3,(H,23,25)(H,24,26). The Morgan fingerprint density at radius 3 is 2.37 bits per heavy atom. The summed E-state index contributed by atoms with van der Waals surface area (Å²) in [6, 6.07) is 15.2. The quantitative estimate of drug-likeness (QED) is 0.732. The van der Waals surface area contributed by atoms with Crippen LogP contribution in [0.1, 0.15) is 37.8 Å². The SMILES string of the molecule is Cc1cccc(CNC(=O)C2(C(=O)Nc3ccc(OC(C)C)cc3)CC2)c1. The monoisotopic (exact) mass is 366 g/mol. The van der Waals surface area contributed by atoms with Crippen LogP contribution in [0.2, 0.25) is 0 Å². The molecule has 142 valence electrons. The molecule has 0 aromatic heterocycles. The number of aryl methyl sites for hydroxylation is 1. The van der Waals surface area contributed by atoms with Crippen molar-refractivity contribution < 1.29 is 14.3 Å². The molecule has 0 aliphatic heterocycles. The highest BCUT2D eigenvalue weighted by Crippen LogP contribution is 2.47. The summed E-state index contributed by atoms with van der Waals surface area (Å²) in [5.41, 5.74) is 1.89. The van der Waals surface area contributed by atoms with Gasteiger partial charge in [-0.25, -0.2) is 0 Å². The first-order chi connectivity index (χ1) is 12.9. The predicted octanol–water partition coefficient (Wildman–Crippen LogP) is 3.82. The molecule has 2 N–H and O–H groups in total. The largest absolute Gasteiger partial charge is 0.491 e. The van der Waals surface area contributed by atoms with Crippen LogP contribution in [0.3, 0.4) is 0 Å². The fourth-order valence-corrected chi connectivity index (χ4v) is 3.00. The Morgan fingerprint density at radius 1 is 1.07 bits per heavy atom. The minimum Gasteiger partial charge on any atom is -0.491 e. The van der Waals surface area contributed by atoms with Gasteiger partial charge in [0.2, 0.25) is 11.8 Å². The Hall–Kier alpha value is -2.82. The number of hydrogen-bond acceptors (Lipinski definition) is 3. The number of hydrogen-bond donors (Lipinski definition) is 2. The summed E-state index contributed by atoms with van der Waals surface area (Å²) in [6.45, 7) is 6.36. The van der Waals surface area contributed by atoms with Gasteiger partial charge in [0.1, 0.15) is 11.2 Å². The first kappa shape index (κ1) is 19.0. The number of amides is 2. The summed E-state index contributed by atoms with van der Waals surface area (Å²) in [7, 11) is 0. The van der Waals surface area contributed by atoms with E-state index in [1.165, 1.54) is 0 Å². The van der Waals surface area contributed by atoms with Gasteiger partial charge >= 0.3 is 0 Å². The van der Waals surface area contributed by atoms with Gasteiger partial charge in [0.15, 0.2) is 0 Å². The molecule has 2 aromatic rings. The summed E-state index contributed by atoms with van der Waals surface area (Å²) in [5, 5.41) is 5.76. The van der Waals surface area contributed by atoms with Crippen LogP contribution in [0.4, 0.5) is 5.69 Å². The zero-order valence-electron chi connectivity index (χ0n) is 16.0. The van der Waals surface area contributed by atoms with Crippen LogP contribution in [0.15, 0.2) is 48.5 Å². The number of nitrogens with one attached hydrogen (secondary N) is 2. The number of carbonyl (C=O) groups is 2. The molecule has 27 heavy (non-hydrogen) atoms. The van der Waals surface area contributed by atoms with E-state index in [2.05, 4.69) is 10.6 Å². The molecule has 0 bridgehead atoms. The number of rotatable bonds is 7. The van der Waals surface area contributed by atoms with Gasteiger partial charge in [-0.1, -0.05) is 29.8 Å². The molecule has 0 unspecified atom stereocenters. The van der Waals surface area contributed by atoms with Crippen LogP contribution in [0.5, 0.6) is 5.75 Å². The van der Waals surface area contributed by atoms with E-state index in [4.69, 9.17) is 4.74 Å². The smallest absolute Gasteiger partial charge is 0.240 e. The van der Waals surface area contributed by atoms with E-state index in [1.54, 1.807) is 12.1 Å². The van der Waals surface area contributed by atoms with Crippen LogP contribution in [-0.4, -0.2) is 17.9 Å². The lowest BCUT2D eigenvalue weighted by Crippen LogP contribution is -2.39. The van der Waals surface area contributed by atoms with Gasteiger partial charge in [-0.15, -0.1) is 0 Å². The average molecular weight is 366 g/mol. The first-order valence-electron chi connectivity index (χ1n) is 9.31. The topological polar surface area (TPSA) is 67.4 Å². The number of ether oxygens (including phenoxy) is 1. The zero-order chi connectivity index (χ0) is 19.4. The van der Waals surface area contributed by atoms with Crippen LogP contribution >= 0.6 is 0 Å². The summed E-state index contributed by atoms with van der Waals surface area (Å²) < 4.78 is 5.60. The van der Waals surface area contributed by atoms with Gasteiger partial charge in [0.25, 0.3) is 0 Å². The summed E-state index contributed by atoms with van der Waals surface area (Å²) in [6.07, 6.45) is 1.25. The second kappa shape index (κ2) is 7.82. The lowest BCUT2D eigenvalue weighted by Gasteiger charge is -2.16. The number of benzene rings is 2. The van der Waals surface area contributed by atoms with Gasteiger partial charge in [-0.2, -0.15) is 0 Å². The van der Waals surface area contributed by atoms with Crippen molar-refractivity contribution in [2.45, 2.75) is 46.3 Å². The Labute approximate surface area is 160 Å². The minimum atomic E-state index is -0.947. The maximum absolute atomic E-state index is 12.7. The lowest BCUT2D eigenvalue weighted by molar-refractivity contribution is -0.134. The second-order valence-electron chi connectivity index (χ2n) is 7.40. The van der Waals surface area contributed by atoms with E-state index < -0.39 is 5.41 Å². The highest BCUT2D eigenvalue weighted by Gasteiger charge is 2.56. The van der Waals surface area contributed by atoms with E-state index >= 15 is 0 Å². The van der Waals surface area contributed by atoms with Crippen molar-refractivity contribution in [1.82, 2.24) is 5.32 Å². The van der Waals surface area contributed by atoms with E-state index in [-0.39, 0.29) is 17.9 Å². The van der Waals surface area contributed by atoms with Crippen LogP contribution in [0, 0.1) is 12.3 Å². The third-order valence-corrected chi connectivity index (χ3v) is 4.64. The van der Waals surface area contributed by atoms with Crippen molar-refractivity contribution >= 4 is 17.5 Å². The summed E-state index contributed by atoms with van der Waals surface area (Å²) in [5.74, 6) is 0.295. The third kappa shape index (κ3) is 4.67. The molecule has 2 aromatic carbocycles. The molecule has 3 rings (SSSR count). The van der Waals surface area contributed by atoms with Crippen molar-refractivity contribution in [2.24, 2.45) is 5.41 Å². The molecule has 5 nitrogen and oxygen atoms in total. The van der Waals surface area contributed by atoms with Crippen molar-refractivity contribution in [2.75, 3.05) is 5.32 Å². The van der Waals surface area contributed by atoms with Crippen molar-refractivity contribution in [3.05, 3.63) is 59.7 Å². The first-order valence-corrected chi connectivity index (χ1v) is 9.31. The van der Waals surface area contributed by atoms with E-state index in [0.717, 1.165) is 16.9 Å². The van der Waals surface area contributed by atoms with E-state index in [1.807, 2.05) is 57.2 Å². The molecule has 1 aliphatic rings. The average Bonchev–Trinajstić information content (AvgIpc) is 3.43. The Bertz CT molecular complexity index is 824. The molecule has 0 radical (unpaired) electrons. The van der Waals surface area contributed by atoms with Gasteiger partial charge in [-0.3, -0.25) is 9.59 Å². The summed E-state index contributed by atoms with van der Waals surface area (Å²) in [4.78, 5) is 25.3. The Kier molecular flexibility index (Phi) is 5.49. The Balaban J connectivity index is 1.57. The molecule has 2 amide bonds. The zero-order valence-corrected chi connectivity index (χ0v) is 16.0. The van der Waals surface area contributed by atoms with Crippen LogP contribution in [-0.2, 0) is 16.1 Å². The highest BCUT2D eigenvalue weighted by atomic mass is 16.5. The highest BCUT2D eigenvalue weighted by molar-refractivity contribution is 6.13. The van der Waals surface area contributed by atoms with Crippen molar-refractivity contribution in [1.29, 1.82) is 0 Å².